The van der Waals surface area contributed by atoms with Crippen molar-refractivity contribution in [3.05, 3.63) is 0 Å². The molecule has 3 atom stereocenters. The molecule has 20 heavy (non-hydrogen) atoms. The van der Waals surface area contributed by atoms with Crippen LogP contribution in [0.4, 0.5) is 0 Å². The first kappa shape index (κ1) is 26.7. The second-order valence-corrected chi connectivity index (χ2v) is 23.2. The van der Waals surface area contributed by atoms with Crippen LogP contribution >= 0.6 is 211 Å². The van der Waals surface area contributed by atoms with Gasteiger partial charge >= 0.3 is 7.82 Å². The highest BCUT2D eigenvalue weighted by atomic mass is 127. The van der Waals surface area contributed by atoms with Gasteiger partial charge in [0.1, 0.15) is 12.3 Å². The van der Waals surface area contributed by atoms with Crippen molar-refractivity contribution in [1.82, 2.24) is 0 Å². The van der Waals surface area contributed by atoms with Gasteiger partial charge in [0, 0.05) is 0 Å². The highest BCUT2D eigenvalue weighted by molar-refractivity contribution is 14.2. The molecule has 0 aromatic heterocycles. The Morgan fingerprint density at radius 2 is 0.750 bits per heavy atom. The molecule has 0 N–H and O–H groups in total. The Bertz CT molecular complexity index is 282. The Kier molecular flexibility index (Phi) is 18.4. The van der Waals surface area contributed by atoms with Gasteiger partial charge < -0.3 is 0 Å². The van der Waals surface area contributed by atoms with E-state index in [9.17, 15) is 4.57 Å². The van der Waals surface area contributed by atoms with Crippen LogP contribution in [0.1, 0.15) is 0 Å². The van der Waals surface area contributed by atoms with E-state index in [0.717, 1.165) is 0 Å². The van der Waals surface area contributed by atoms with Crippen LogP contribution < -0.4 is 0 Å². The van der Waals surface area contributed by atoms with Crippen LogP contribution in [-0.4, -0.2) is 18.1 Å². The summed E-state index contributed by atoms with van der Waals surface area (Å²) < 4.78 is 29.4. The van der Waals surface area contributed by atoms with Gasteiger partial charge in [-0.2, -0.15) is 0 Å². The number of phosphoric acid groups is 1. The van der Waals surface area contributed by atoms with E-state index in [2.05, 4.69) is 203 Å². The van der Waals surface area contributed by atoms with E-state index >= 15 is 0 Å². The quantitative estimate of drug-likeness (QED) is 0.134. The topological polar surface area (TPSA) is 44.8 Å². The van der Waals surface area contributed by atoms with Crippen LogP contribution in [-0.2, 0) is 18.1 Å². The number of halogens is 9. The summed E-state index contributed by atoms with van der Waals surface area (Å²) >= 11 is 19.6. The molecule has 0 saturated carbocycles. The van der Waals surface area contributed by atoms with E-state index in [1.807, 2.05) is 0 Å². The number of hydrogen-bond acceptors (Lipinski definition) is 4. The van der Waals surface area contributed by atoms with Gasteiger partial charge in [-0.05, 0) is 67.8 Å². The molecule has 0 amide bonds. The lowest BCUT2D eigenvalue weighted by Crippen LogP contribution is -2.20. The summed E-state index contributed by atoms with van der Waals surface area (Å²) in [5.74, 6) is 0. The summed E-state index contributed by atoms with van der Waals surface area (Å²) in [7, 11) is -3.60. The van der Waals surface area contributed by atoms with Crippen LogP contribution in [0.5, 0.6) is 0 Å². The molecule has 122 valence electrons. The lowest BCUT2D eigenvalue weighted by Gasteiger charge is -2.26. The van der Waals surface area contributed by atoms with Crippen molar-refractivity contribution < 1.29 is 18.1 Å². The van der Waals surface area contributed by atoms with Crippen molar-refractivity contribution in [1.29, 1.82) is 0 Å². The van der Waals surface area contributed by atoms with Crippen molar-refractivity contribution in [2.75, 3.05) is 0 Å². The molecule has 0 aliphatic carbocycles. The molecule has 14 heteroatoms. The van der Waals surface area contributed by atoms with Crippen molar-refractivity contribution in [3.63, 3.8) is 0 Å². The fraction of sp³-hybridized carbons (Fsp3) is 1.00. The molecule has 0 rings (SSSR count). The lowest BCUT2D eigenvalue weighted by atomic mass is 10.9. The monoisotopic (exact) mass is 1320 g/mol. The van der Waals surface area contributed by atoms with Crippen molar-refractivity contribution in [2.24, 2.45) is 0 Å². The summed E-state index contributed by atoms with van der Waals surface area (Å²) in [5.41, 5.74) is 0. The molecule has 4 nitrogen and oxygen atoms in total. The van der Waals surface area contributed by atoms with Crippen molar-refractivity contribution in [3.8, 4) is 0 Å². The van der Waals surface area contributed by atoms with E-state index in [-0.39, 0.29) is 18.1 Å². The smallest absolute Gasteiger partial charge is 0.271 e. The average molecular weight is 1320 g/mol. The van der Waals surface area contributed by atoms with Crippen molar-refractivity contribution in [2.45, 2.75) is 18.1 Å². The first-order valence-corrected chi connectivity index (χ1v) is 17.1. The number of rotatable bonds is 9. The maximum absolute atomic E-state index is 12.9. The minimum absolute atomic E-state index is 0.164. The Balaban J connectivity index is 4.97. The SMILES string of the molecule is O=P(OC(I)C(I)I)(OC(I)C(I)I)OC(I)C(I)I. The maximum atomic E-state index is 12.9. The van der Waals surface area contributed by atoms with Gasteiger partial charge in [0.25, 0.3) is 0 Å². The molecule has 0 bridgehead atoms. The Morgan fingerprint density at radius 1 is 0.550 bits per heavy atom. The van der Waals surface area contributed by atoms with Gasteiger partial charge in [-0.1, -0.05) is 136 Å². The first-order chi connectivity index (χ1) is 8.98. The van der Waals surface area contributed by atoms with Crippen molar-refractivity contribution >= 4 is 211 Å². The third-order valence-electron chi connectivity index (χ3n) is 1.28. The second kappa shape index (κ2) is 13.8. The standard InChI is InChI=1S/C6H6I9O4P/c7-1(8)4(13)17-20(16,18-5(14)2(9)10)19-6(15)3(11)12/h1-6H. The molecule has 0 aromatic rings. The zero-order valence-electron chi connectivity index (χ0n) is 8.95. The number of phosphoric ester groups is 1. The fourth-order valence-corrected chi connectivity index (χ4v) is 6.62. The second-order valence-electron chi connectivity index (χ2n) is 2.82. The predicted octanol–water partition coefficient (Wildman–Crippen LogP) is 8.02. The minimum atomic E-state index is -3.60. The predicted molar refractivity (Wildman–Crippen MR) is 160 cm³/mol. The third kappa shape index (κ3) is 12.2. The Morgan fingerprint density at radius 3 is 0.900 bits per heavy atom. The fourth-order valence-electron chi connectivity index (χ4n) is 0.583. The largest absolute Gasteiger partial charge is 0.478 e. The van der Waals surface area contributed by atoms with Gasteiger partial charge in [0.2, 0.25) is 0 Å². The highest BCUT2D eigenvalue weighted by Gasteiger charge is 2.38. The summed E-state index contributed by atoms with van der Waals surface area (Å²) in [6, 6.07) is 0. The van der Waals surface area contributed by atoms with E-state index < -0.39 is 7.82 Å². The van der Waals surface area contributed by atoms with E-state index in [0.29, 0.717) is 0 Å². The van der Waals surface area contributed by atoms with Crippen LogP contribution in [0.15, 0.2) is 0 Å². The average Bonchev–Trinajstić information content (AvgIpc) is 2.27. The van der Waals surface area contributed by atoms with Gasteiger partial charge in [-0.15, -0.1) is 0 Å². The molecule has 0 aliphatic rings. The van der Waals surface area contributed by atoms with Crippen LogP contribution in [0.3, 0.4) is 0 Å². The Labute approximate surface area is 241 Å². The van der Waals surface area contributed by atoms with Crippen LogP contribution in [0.25, 0.3) is 0 Å². The minimum Gasteiger partial charge on any atom is -0.271 e. The lowest BCUT2D eigenvalue weighted by molar-refractivity contribution is 0.115. The van der Waals surface area contributed by atoms with Gasteiger partial charge in [-0.25, -0.2) is 4.57 Å². The van der Waals surface area contributed by atoms with Gasteiger partial charge in [-0.3, -0.25) is 13.6 Å². The molecule has 0 heterocycles. The summed E-state index contributed by atoms with van der Waals surface area (Å²) in [5, 5.41) is 0. The van der Waals surface area contributed by atoms with Crippen LogP contribution in [0, 0.1) is 0 Å². The molecule has 0 fully saturated rings. The summed E-state index contributed by atoms with van der Waals surface area (Å²) in [6.07, 6.45) is 0. The maximum Gasteiger partial charge on any atom is 0.478 e. The summed E-state index contributed by atoms with van der Waals surface area (Å²) in [4.78, 5) is 0. The molecule has 3 unspecified atom stereocenters. The molecule has 0 radical (unpaired) electrons. The third-order valence-corrected chi connectivity index (χ3v) is 19.0. The van der Waals surface area contributed by atoms with Gasteiger partial charge in [0.05, 0.1) is 5.79 Å². The molecule has 0 spiro atoms. The van der Waals surface area contributed by atoms with Crippen LogP contribution in [0.2, 0.25) is 0 Å². The highest BCUT2D eigenvalue weighted by Crippen LogP contribution is 2.57. The number of alkyl halides is 9. The molecular weight excluding hydrogens is 1310 g/mol. The van der Waals surface area contributed by atoms with E-state index in [4.69, 9.17) is 13.6 Å². The molecular formula is C6H6I9O4P. The molecule has 0 aromatic carbocycles. The molecule has 0 saturated heterocycles. The normalized spacial score (nSPS) is 20.2. The molecule has 0 aliphatic heterocycles. The van der Waals surface area contributed by atoms with Gasteiger partial charge in [0.15, 0.2) is 0 Å². The Hall–Kier alpha value is 6.68. The summed E-state index contributed by atoms with van der Waals surface area (Å²) in [6.45, 7) is 0. The zero-order valence-corrected chi connectivity index (χ0v) is 29.3. The first-order valence-electron chi connectivity index (χ1n) is 4.40. The van der Waals surface area contributed by atoms with E-state index in [1.54, 1.807) is 0 Å². The van der Waals surface area contributed by atoms with E-state index in [1.165, 1.54) is 0 Å². The number of hydrogen-bond donors (Lipinski definition) is 0. The zero-order chi connectivity index (χ0) is 16.1.